The van der Waals surface area contributed by atoms with Gasteiger partial charge in [0.1, 0.15) is 0 Å². The molecule has 62 heavy (non-hydrogen) atoms. The van der Waals surface area contributed by atoms with Gasteiger partial charge in [-0.15, -0.1) is 0 Å². The molecule has 0 atom stereocenters. The number of hydrogen-bond acceptors (Lipinski definition) is 6. The van der Waals surface area contributed by atoms with Crippen LogP contribution in [0.4, 0.5) is 0 Å². The molecule has 0 unspecified atom stereocenters. The Balaban J connectivity index is 1.15. The summed E-state index contributed by atoms with van der Waals surface area (Å²) in [6.07, 6.45) is 7.39. The van der Waals surface area contributed by atoms with Gasteiger partial charge >= 0.3 is 0 Å². The van der Waals surface area contributed by atoms with Crippen molar-refractivity contribution < 1.29 is 0 Å². The first-order chi connectivity index (χ1) is 30.7. The highest BCUT2D eigenvalue weighted by atomic mass is 15.0. The number of fused-ring (bicyclic) bond motifs is 5. The van der Waals surface area contributed by atoms with Crippen molar-refractivity contribution in [2.45, 2.75) is 0 Å². The molecule has 6 nitrogen and oxygen atoms in total. The van der Waals surface area contributed by atoms with Crippen LogP contribution in [0.2, 0.25) is 0 Å². The maximum Gasteiger partial charge on any atom is 0.164 e. The third-order valence-corrected chi connectivity index (χ3v) is 11.8. The van der Waals surface area contributed by atoms with Crippen molar-refractivity contribution in [3.63, 3.8) is 0 Å². The number of aromatic nitrogens is 6. The zero-order chi connectivity index (χ0) is 41.0. The Labute approximate surface area is 357 Å². The van der Waals surface area contributed by atoms with Gasteiger partial charge in [-0.2, -0.15) is 0 Å². The first-order valence-electron chi connectivity index (χ1n) is 20.7. The molecule has 0 fully saturated rings. The molecule has 0 amide bonds. The topological polar surface area (TPSA) is 77.3 Å². The molecule has 288 valence electrons. The van der Waals surface area contributed by atoms with Gasteiger partial charge in [0, 0.05) is 52.3 Å². The standard InChI is InChI=1S/C56H34N6/c1-2-11-38-28-41(24-21-35(38)10-1)55-60-54(37-22-19-36(20-23-37)42-14-7-25-57-34-42)61-56(62-55)45-30-43(52-46-15-5-3-12-39(46)32-50-48(52)17-8-26-58-50)29-44(31-45)53-47-16-6-4-13-40(47)33-51-49(53)18-9-27-59-51/h1-34H. The Morgan fingerprint density at radius 1 is 0.274 bits per heavy atom. The number of nitrogens with zero attached hydrogens (tertiary/aromatic N) is 6. The summed E-state index contributed by atoms with van der Waals surface area (Å²) in [5.41, 5.74) is 10.9. The summed E-state index contributed by atoms with van der Waals surface area (Å²) in [6.45, 7) is 0. The minimum atomic E-state index is 0.572. The predicted molar refractivity (Wildman–Crippen MR) is 253 cm³/mol. The van der Waals surface area contributed by atoms with E-state index in [4.69, 9.17) is 24.9 Å². The number of hydrogen-bond donors (Lipinski definition) is 0. The van der Waals surface area contributed by atoms with Crippen LogP contribution in [0, 0.1) is 0 Å². The molecular formula is C56H34N6. The van der Waals surface area contributed by atoms with Crippen LogP contribution in [0.3, 0.4) is 0 Å². The van der Waals surface area contributed by atoms with Crippen LogP contribution >= 0.6 is 0 Å². The van der Waals surface area contributed by atoms with Gasteiger partial charge in [0.25, 0.3) is 0 Å². The van der Waals surface area contributed by atoms with Crippen molar-refractivity contribution in [3.8, 4) is 67.5 Å². The van der Waals surface area contributed by atoms with E-state index in [9.17, 15) is 0 Å². The highest BCUT2D eigenvalue weighted by molar-refractivity contribution is 6.15. The smallest absolute Gasteiger partial charge is 0.164 e. The largest absolute Gasteiger partial charge is 0.264 e. The lowest BCUT2D eigenvalue weighted by Crippen LogP contribution is -2.01. The minimum Gasteiger partial charge on any atom is -0.264 e. The van der Waals surface area contributed by atoms with E-state index >= 15 is 0 Å². The lowest BCUT2D eigenvalue weighted by Gasteiger charge is -2.17. The van der Waals surface area contributed by atoms with Crippen LogP contribution in [0.25, 0.3) is 122 Å². The summed E-state index contributed by atoms with van der Waals surface area (Å²) in [4.78, 5) is 29.9. The van der Waals surface area contributed by atoms with Crippen molar-refractivity contribution in [3.05, 3.63) is 207 Å². The van der Waals surface area contributed by atoms with Crippen LogP contribution in [0.15, 0.2) is 207 Å². The molecule has 12 aromatic rings. The quantitative estimate of drug-likeness (QED) is 0.156. The van der Waals surface area contributed by atoms with E-state index in [2.05, 4.69) is 169 Å². The summed E-state index contributed by atoms with van der Waals surface area (Å²) in [7, 11) is 0. The van der Waals surface area contributed by atoms with Crippen molar-refractivity contribution in [2.75, 3.05) is 0 Å². The van der Waals surface area contributed by atoms with E-state index < -0.39 is 0 Å². The summed E-state index contributed by atoms with van der Waals surface area (Å²) in [5, 5.41) is 8.94. The molecule has 0 saturated carbocycles. The van der Waals surface area contributed by atoms with Crippen LogP contribution in [0.1, 0.15) is 0 Å². The number of rotatable bonds is 6. The van der Waals surface area contributed by atoms with Crippen LogP contribution in [-0.2, 0) is 0 Å². The van der Waals surface area contributed by atoms with E-state index in [1.165, 1.54) is 0 Å². The average Bonchev–Trinajstić information content (AvgIpc) is 3.34. The van der Waals surface area contributed by atoms with E-state index in [0.29, 0.717) is 17.5 Å². The van der Waals surface area contributed by atoms with Gasteiger partial charge in [0.15, 0.2) is 17.5 Å². The van der Waals surface area contributed by atoms with Gasteiger partial charge in [0.2, 0.25) is 0 Å². The van der Waals surface area contributed by atoms with Gasteiger partial charge in [-0.05, 0) is 120 Å². The Morgan fingerprint density at radius 2 is 0.758 bits per heavy atom. The van der Waals surface area contributed by atoms with E-state index in [-0.39, 0.29) is 0 Å². The van der Waals surface area contributed by atoms with Crippen molar-refractivity contribution >= 4 is 54.1 Å². The highest BCUT2D eigenvalue weighted by Crippen LogP contribution is 2.43. The Bertz CT molecular complexity index is 3450. The SMILES string of the molecule is c1cncc(-c2ccc(-c3nc(-c4cc(-c5c6ccccc6cc6ncccc56)cc(-c5c6ccccc6cc6ncccc56)c4)nc(-c4ccc5ccccc5c4)n3)cc2)c1. The van der Waals surface area contributed by atoms with E-state index in [1.807, 2.05) is 36.8 Å². The average molecular weight is 791 g/mol. The lowest BCUT2D eigenvalue weighted by molar-refractivity contribution is 1.07. The molecule has 0 spiro atoms. The van der Waals surface area contributed by atoms with Crippen molar-refractivity contribution in [2.24, 2.45) is 0 Å². The fourth-order valence-corrected chi connectivity index (χ4v) is 8.88. The van der Waals surface area contributed by atoms with Gasteiger partial charge in [-0.3, -0.25) is 15.0 Å². The minimum absolute atomic E-state index is 0.572. The molecule has 0 bridgehead atoms. The second-order valence-electron chi connectivity index (χ2n) is 15.6. The zero-order valence-corrected chi connectivity index (χ0v) is 33.3. The summed E-state index contributed by atoms with van der Waals surface area (Å²) < 4.78 is 0. The second kappa shape index (κ2) is 14.7. The third-order valence-electron chi connectivity index (χ3n) is 11.8. The molecule has 0 aliphatic carbocycles. The fraction of sp³-hybridized carbons (Fsp3) is 0. The molecule has 4 aromatic heterocycles. The molecule has 0 aliphatic heterocycles. The highest BCUT2D eigenvalue weighted by Gasteiger charge is 2.20. The second-order valence-corrected chi connectivity index (χ2v) is 15.6. The lowest BCUT2D eigenvalue weighted by atomic mass is 9.88. The summed E-state index contributed by atoms with van der Waals surface area (Å²) in [5.74, 6) is 1.75. The molecule has 0 N–H and O–H groups in total. The van der Waals surface area contributed by atoms with Crippen molar-refractivity contribution in [1.29, 1.82) is 0 Å². The molecule has 12 rings (SSSR count). The van der Waals surface area contributed by atoms with Gasteiger partial charge in [-0.1, -0.05) is 127 Å². The molecule has 8 aromatic carbocycles. The van der Waals surface area contributed by atoms with Crippen LogP contribution in [0.5, 0.6) is 0 Å². The molecule has 0 saturated heterocycles. The maximum absolute atomic E-state index is 5.34. The van der Waals surface area contributed by atoms with Crippen LogP contribution < -0.4 is 0 Å². The molecule has 0 aliphatic rings. The molecule has 0 radical (unpaired) electrons. The molecule has 4 heterocycles. The Morgan fingerprint density at radius 3 is 1.37 bits per heavy atom. The first kappa shape index (κ1) is 35.5. The Kier molecular flexibility index (Phi) is 8.38. The normalized spacial score (nSPS) is 11.5. The monoisotopic (exact) mass is 790 g/mol. The van der Waals surface area contributed by atoms with E-state index in [0.717, 1.165) is 104 Å². The van der Waals surface area contributed by atoms with Gasteiger partial charge in [-0.25, -0.2) is 15.0 Å². The molecule has 6 heteroatoms. The van der Waals surface area contributed by atoms with Crippen LogP contribution in [-0.4, -0.2) is 29.9 Å². The van der Waals surface area contributed by atoms with Crippen molar-refractivity contribution in [1.82, 2.24) is 29.9 Å². The maximum atomic E-state index is 5.34. The van der Waals surface area contributed by atoms with E-state index in [1.54, 1.807) is 6.20 Å². The molecular weight excluding hydrogens is 757 g/mol. The zero-order valence-electron chi connectivity index (χ0n) is 33.3. The fourth-order valence-electron chi connectivity index (χ4n) is 8.88. The van der Waals surface area contributed by atoms with Gasteiger partial charge in [0.05, 0.1) is 11.0 Å². The predicted octanol–water partition coefficient (Wildman–Crippen LogP) is 13.8. The van der Waals surface area contributed by atoms with Gasteiger partial charge < -0.3 is 0 Å². The first-order valence-corrected chi connectivity index (χ1v) is 20.7. The number of pyridine rings is 3. The Hall–Kier alpha value is -8.48. The number of benzene rings is 8. The summed E-state index contributed by atoms with van der Waals surface area (Å²) in [6, 6.07) is 63.8. The summed E-state index contributed by atoms with van der Waals surface area (Å²) >= 11 is 0. The third kappa shape index (κ3) is 6.21.